The molecular weight excluding hydrogens is 318 g/mol. The summed E-state index contributed by atoms with van der Waals surface area (Å²) in [6.45, 7) is 0.375. The lowest BCUT2D eigenvalue weighted by molar-refractivity contribution is -0.121. The minimum absolute atomic E-state index is 0.119. The van der Waals surface area contributed by atoms with Crippen molar-refractivity contribution in [1.82, 2.24) is 20.4 Å². The van der Waals surface area contributed by atoms with Crippen LogP contribution < -0.4 is 5.32 Å². The van der Waals surface area contributed by atoms with E-state index in [2.05, 4.69) is 26.5 Å². The highest BCUT2D eigenvalue weighted by molar-refractivity contribution is 5.76. The topological polar surface area (TPSA) is 105 Å². The number of benzene rings is 1. The summed E-state index contributed by atoms with van der Waals surface area (Å²) < 4.78 is 5.16. The second-order valence-electron chi connectivity index (χ2n) is 5.34. The van der Waals surface area contributed by atoms with Crippen LogP contribution in [0.5, 0.6) is 0 Å². The van der Waals surface area contributed by atoms with Crippen LogP contribution in [0.4, 0.5) is 0 Å². The number of aromatic nitrogens is 3. The molecule has 7 heteroatoms. The lowest BCUT2D eigenvalue weighted by atomic mass is 10.1. The van der Waals surface area contributed by atoms with E-state index in [1.54, 1.807) is 42.7 Å². The molecule has 0 unspecified atom stereocenters. The molecule has 0 saturated heterocycles. The van der Waals surface area contributed by atoms with Gasteiger partial charge in [-0.25, -0.2) is 0 Å². The highest BCUT2D eigenvalue weighted by Gasteiger charge is 2.10. The number of carbonyl (C=O) groups is 1. The summed E-state index contributed by atoms with van der Waals surface area (Å²) in [6, 6.07) is 12.8. The summed E-state index contributed by atoms with van der Waals surface area (Å²) in [4.78, 5) is 20.2. The van der Waals surface area contributed by atoms with Crippen molar-refractivity contribution in [3.05, 3.63) is 65.8 Å². The van der Waals surface area contributed by atoms with Gasteiger partial charge in [-0.2, -0.15) is 10.2 Å². The third-order valence-electron chi connectivity index (χ3n) is 3.52. The van der Waals surface area contributed by atoms with Crippen LogP contribution in [-0.4, -0.2) is 21.0 Å². The van der Waals surface area contributed by atoms with Crippen LogP contribution in [0.15, 0.2) is 53.3 Å². The zero-order valence-electron chi connectivity index (χ0n) is 13.3. The zero-order valence-corrected chi connectivity index (χ0v) is 13.3. The van der Waals surface area contributed by atoms with Gasteiger partial charge in [-0.1, -0.05) is 17.3 Å². The van der Waals surface area contributed by atoms with Gasteiger partial charge in [0.25, 0.3) is 0 Å². The van der Waals surface area contributed by atoms with E-state index in [0.717, 1.165) is 11.1 Å². The molecule has 0 aliphatic carbocycles. The fourth-order valence-electron chi connectivity index (χ4n) is 2.23. The number of amides is 1. The van der Waals surface area contributed by atoms with Gasteiger partial charge in [0.1, 0.15) is 0 Å². The summed E-state index contributed by atoms with van der Waals surface area (Å²) in [6.07, 6.45) is 3.91. The summed E-state index contributed by atoms with van der Waals surface area (Å²) in [5.74, 6) is 0.769. The first-order valence-corrected chi connectivity index (χ1v) is 7.73. The Labute approximate surface area is 144 Å². The first kappa shape index (κ1) is 16.3. The van der Waals surface area contributed by atoms with Crippen LogP contribution in [-0.2, 0) is 17.8 Å². The van der Waals surface area contributed by atoms with E-state index in [0.29, 0.717) is 30.2 Å². The Balaban J connectivity index is 1.49. The predicted molar refractivity (Wildman–Crippen MR) is 88.9 cm³/mol. The number of hydrogen-bond donors (Lipinski definition) is 1. The van der Waals surface area contributed by atoms with Crippen molar-refractivity contribution in [1.29, 1.82) is 5.26 Å². The Hall–Kier alpha value is -3.53. The van der Waals surface area contributed by atoms with Gasteiger partial charge in [-0.05, 0) is 29.8 Å². The summed E-state index contributed by atoms with van der Waals surface area (Å²) >= 11 is 0. The molecule has 1 amide bonds. The molecule has 0 aliphatic heterocycles. The van der Waals surface area contributed by atoms with E-state index in [4.69, 9.17) is 9.78 Å². The quantitative estimate of drug-likeness (QED) is 0.742. The molecular formula is C18H15N5O2. The Morgan fingerprint density at radius 2 is 2.08 bits per heavy atom. The standard InChI is InChI=1S/C18H15N5O2/c19-11-13-2-1-3-14(10-13)12-21-16(24)4-5-17-22-18(23-25-17)15-6-8-20-9-7-15/h1-3,6-10H,4-5,12H2,(H,21,24). The SMILES string of the molecule is N#Cc1cccc(CNC(=O)CCc2nc(-c3ccncc3)no2)c1. The first-order valence-electron chi connectivity index (χ1n) is 7.73. The minimum Gasteiger partial charge on any atom is -0.352 e. The normalized spacial score (nSPS) is 10.2. The number of nitrogens with zero attached hydrogens (tertiary/aromatic N) is 4. The smallest absolute Gasteiger partial charge is 0.227 e. The van der Waals surface area contributed by atoms with Crippen LogP contribution in [0, 0.1) is 11.3 Å². The third-order valence-corrected chi connectivity index (χ3v) is 3.52. The van der Waals surface area contributed by atoms with Gasteiger partial charge in [0.05, 0.1) is 11.6 Å². The molecule has 0 aliphatic rings. The maximum absolute atomic E-state index is 11.9. The van der Waals surface area contributed by atoms with Crippen molar-refractivity contribution in [3.63, 3.8) is 0 Å². The fraction of sp³-hybridized carbons (Fsp3) is 0.167. The molecule has 0 spiro atoms. The summed E-state index contributed by atoms with van der Waals surface area (Å²) in [7, 11) is 0. The number of rotatable bonds is 6. The average Bonchev–Trinajstić information content (AvgIpc) is 3.15. The van der Waals surface area contributed by atoms with Crippen molar-refractivity contribution >= 4 is 5.91 Å². The van der Waals surface area contributed by atoms with Crippen LogP contribution in [0.1, 0.15) is 23.4 Å². The van der Waals surface area contributed by atoms with Crippen molar-refractivity contribution in [2.45, 2.75) is 19.4 Å². The molecule has 0 fully saturated rings. The molecule has 7 nitrogen and oxygen atoms in total. The summed E-state index contributed by atoms with van der Waals surface area (Å²) in [5.41, 5.74) is 2.26. The molecule has 0 bridgehead atoms. The first-order chi connectivity index (χ1) is 12.2. The monoisotopic (exact) mass is 333 g/mol. The zero-order chi connectivity index (χ0) is 17.5. The van der Waals surface area contributed by atoms with Crippen molar-refractivity contribution < 1.29 is 9.32 Å². The van der Waals surface area contributed by atoms with Gasteiger partial charge in [0, 0.05) is 37.3 Å². The van der Waals surface area contributed by atoms with Crippen LogP contribution in [0.25, 0.3) is 11.4 Å². The fourth-order valence-corrected chi connectivity index (χ4v) is 2.23. The van der Waals surface area contributed by atoms with Crippen LogP contribution in [0.3, 0.4) is 0 Å². The van der Waals surface area contributed by atoms with Gasteiger partial charge in [0.2, 0.25) is 17.6 Å². The number of hydrogen-bond acceptors (Lipinski definition) is 6. The van der Waals surface area contributed by atoms with Crippen LogP contribution >= 0.6 is 0 Å². The van der Waals surface area contributed by atoms with Gasteiger partial charge < -0.3 is 9.84 Å². The van der Waals surface area contributed by atoms with Gasteiger partial charge in [-0.15, -0.1) is 0 Å². The van der Waals surface area contributed by atoms with Crippen molar-refractivity contribution in [2.24, 2.45) is 0 Å². The molecule has 3 rings (SSSR count). The van der Waals surface area contributed by atoms with E-state index in [1.165, 1.54) is 0 Å². The number of aryl methyl sites for hydroxylation is 1. The molecule has 2 aromatic heterocycles. The molecule has 3 aromatic rings. The van der Waals surface area contributed by atoms with Gasteiger partial charge >= 0.3 is 0 Å². The molecule has 1 N–H and O–H groups in total. The number of nitrogens with one attached hydrogen (secondary N) is 1. The maximum atomic E-state index is 11.9. The van der Waals surface area contributed by atoms with Gasteiger partial charge in [-0.3, -0.25) is 9.78 Å². The van der Waals surface area contributed by atoms with Crippen molar-refractivity contribution in [3.8, 4) is 17.5 Å². The Morgan fingerprint density at radius 1 is 1.24 bits per heavy atom. The van der Waals surface area contributed by atoms with Crippen molar-refractivity contribution in [2.75, 3.05) is 0 Å². The molecule has 1 aromatic carbocycles. The number of nitriles is 1. The Kier molecular flexibility index (Phi) is 5.12. The predicted octanol–water partition coefficient (Wildman–Crippen LogP) is 2.25. The Bertz CT molecular complexity index is 899. The Morgan fingerprint density at radius 3 is 2.88 bits per heavy atom. The second-order valence-corrected chi connectivity index (χ2v) is 5.34. The number of pyridine rings is 1. The molecule has 0 saturated carbocycles. The highest BCUT2D eigenvalue weighted by Crippen LogP contribution is 2.14. The molecule has 0 radical (unpaired) electrons. The molecule has 2 heterocycles. The summed E-state index contributed by atoms with van der Waals surface area (Å²) in [5, 5.41) is 15.6. The second kappa shape index (κ2) is 7.84. The number of carbonyl (C=O) groups excluding carboxylic acids is 1. The molecule has 0 atom stereocenters. The van der Waals surface area contributed by atoms with E-state index in [9.17, 15) is 4.79 Å². The average molecular weight is 333 g/mol. The van der Waals surface area contributed by atoms with E-state index < -0.39 is 0 Å². The molecule has 25 heavy (non-hydrogen) atoms. The molecule has 124 valence electrons. The van der Waals surface area contributed by atoms with E-state index in [1.807, 2.05) is 6.07 Å². The minimum atomic E-state index is -0.119. The third kappa shape index (κ3) is 4.48. The van der Waals surface area contributed by atoms with Crippen LogP contribution in [0.2, 0.25) is 0 Å². The highest BCUT2D eigenvalue weighted by atomic mass is 16.5. The lowest BCUT2D eigenvalue weighted by Gasteiger charge is -2.04. The largest absolute Gasteiger partial charge is 0.352 e. The van der Waals surface area contributed by atoms with E-state index >= 15 is 0 Å². The maximum Gasteiger partial charge on any atom is 0.227 e. The van der Waals surface area contributed by atoms with Gasteiger partial charge in [0.15, 0.2) is 0 Å². The lowest BCUT2D eigenvalue weighted by Crippen LogP contribution is -2.23. The van der Waals surface area contributed by atoms with E-state index in [-0.39, 0.29) is 12.3 Å².